The van der Waals surface area contributed by atoms with Crippen LogP contribution in [0.4, 0.5) is 0 Å². The molecular formula is C40H41N7O2. The molecule has 49 heavy (non-hydrogen) atoms. The van der Waals surface area contributed by atoms with E-state index in [4.69, 9.17) is 9.82 Å². The van der Waals surface area contributed by atoms with Crippen molar-refractivity contribution in [2.75, 3.05) is 19.7 Å². The molecule has 1 aliphatic carbocycles. The van der Waals surface area contributed by atoms with Crippen LogP contribution in [-0.2, 0) is 9.63 Å². The van der Waals surface area contributed by atoms with Crippen molar-refractivity contribution < 1.29 is 9.63 Å². The van der Waals surface area contributed by atoms with Crippen molar-refractivity contribution >= 4 is 5.91 Å². The number of hydrogen-bond acceptors (Lipinski definition) is 6. The summed E-state index contributed by atoms with van der Waals surface area (Å²) in [5.41, 5.74) is 9.94. The summed E-state index contributed by atoms with van der Waals surface area (Å²) in [6.45, 7) is 2.37. The largest absolute Gasteiger partial charge is 0.341 e. The minimum Gasteiger partial charge on any atom is -0.341 e. The number of hydrogen-bond donors (Lipinski definition) is 4. The zero-order valence-electron chi connectivity index (χ0n) is 27.5. The van der Waals surface area contributed by atoms with E-state index in [1.54, 1.807) is 0 Å². The highest BCUT2D eigenvalue weighted by molar-refractivity contribution is 5.84. The summed E-state index contributed by atoms with van der Waals surface area (Å²) in [5, 5.41) is 3.49. The Kier molecular flexibility index (Phi) is 9.08. The number of aromatic nitrogens is 4. The number of hydroxylamine groups is 1. The number of imidazole rings is 2. The predicted molar refractivity (Wildman–Crippen MR) is 189 cm³/mol. The van der Waals surface area contributed by atoms with Gasteiger partial charge in [0.15, 0.2) is 0 Å². The van der Waals surface area contributed by atoms with E-state index in [2.05, 4.69) is 61.9 Å². The van der Waals surface area contributed by atoms with E-state index in [9.17, 15) is 4.79 Å². The third-order valence-corrected chi connectivity index (χ3v) is 9.77. The van der Waals surface area contributed by atoms with Gasteiger partial charge in [0.1, 0.15) is 17.7 Å². The van der Waals surface area contributed by atoms with Crippen LogP contribution < -0.4 is 10.8 Å². The molecule has 9 nitrogen and oxygen atoms in total. The van der Waals surface area contributed by atoms with Crippen molar-refractivity contribution in [1.29, 1.82) is 0 Å². The van der Waals surface area contributed by atoms with Gasteiger partial charge in [-0.15, -0.1) is 0 Å². The molecule has 0 spiro atoms. The van der Waals surface area contributed by atoms with Crippen molar-refractivity contribution in [3.8, 4) is 34.4 Å². The summed E-state index contributed by atoms with van der Waals surface area (Å²) in [6, 6.07) is 25.9. The van der Waals surface area contributed by atoms with Crippen molar-refractivity contribution in [2.45, 2.75) is 56.7 Å². The Hall–Kier alpha value is -5.01. The zero-order valence-corrected chi connectivity index (χ0v) is 27.5. The summed E-state index contributed by atoms with van der Waals surface area (Å²) in [4.78, 5) is 38.0. The monoisotopic (exact) mass is 651 g/mol. The van der Waals surface area contributed by atoms with Gasteiger partial charge >= 0.3 is 0 Å². The Morgan fingerprint density at radius 3 is 2.10 bits per heavy atom. The molecule has 4 heterocycles. The lowest BCUT2D eigenvalue weighted by molar-refractivity contribution is -0.139. The molecule has 0 bridgehead atoms. The average Bonchev–Trinajstić information content (AvgIpc) is 3.68. The number of carbonyl (C=O) groups is 1. The molecule has 3 atom stereocenters. The number of likely N-dealkylation sites (tertiary alicyclic amines) is 1. The van der Waals surface area contributed by atoms with Crippen LogP contribution in [0.2, 0.25) is 0 Å². The quantitative estimate of drug-likeness (QED) is 0.0998. The second-order valence-electron chi connectivity index (χ2n) is 13.3. The number of rotatable bonds is 10. The fourth-order valence-electron chi connectivity index (χ4n) is 6.76. The van der Waals surface area contributed by atoms with E-state index in [1.165, 1.54) is 19.3 Å². The molecule has 9 heteroatoms. The summed E-state index contributed by atoms with van der Waals surface area (Å²) < 4.78 is 0. The molecule has 3 aromatic carbocycles. The first-order valence-electron chi connectivity index (χ1n) is 17.5. The fourth-order valence-corrected chi connectivity index (χ4v) is 6.76. The van der Waals surface area contributed by atoms with Crippen molar-refractivity contribution in [1.82, 2.24) is 35.6 Å². The van der Waals surface area contributed by atoms with Gasteiger partial charge < -0.3 is 25.0 Å². The number of H-pyrrole nitrogens is 2. The summed E-state index contributed by atoms with van der Waals surface area (Å²) in [7, 11) is 0. The maximum absolute atomic E-state index is 13.9. The standard InChI is InChI=1S/C40H41N7O2/c48-40(37(32-6-2-1-3-7-32)46-49-26-29-12-13-29)47-23-5-9-36(47)39-43-25-35(45-39)31-20-16-28(17-21-31)11-10-27-14-18-30(19-15-27)34-24-42-38(44-34)33-8-4-22-41-33/h1-3,6-7,14-21,24-25,29,33,36-37,41,46H,4-5,8-9,12-13,22-23,26H2,(H,42,44)(H,43,45)/t33-,36-,37+/m0/s1. The number of nitrogens with one attached hydrogen (secondary N) is 4. The molecule has 5 aromatic rings. The first kappa shape index (κ1) is 31.3. The lowest BCUT2D eigenvalue weighted by Gasteiger charge is -2.28. The van der Waals surface area contributed by atoms with E-state index in [1.807, 2.05) is 71.9 Å². The van der Waals surface area contributed by atoms with E-state index in [0.29, 0.717) is 25.1 Å². The van der Waals surface area contributed by atoms with Gasteiger partial charge in [0.2, 0.25) is 5.91 Å². The molecular weight excluding hydrogens is 610 g/mol. The van der Waals surface area contributed by atoms with Gasteiger partial charge in [0.05, 0.1) is 42.5 Å². The molecule has 2 aromatic heterocycles. The number of carbonyl (C=O) groups excluding carboxylic acids is 1. The van der Waals surface area contributed by atoms with Crippen LogP contribution in [0.15, 0.2) is 91.3 Å². The van der Waals surface area contributed by atoms with Gasteiger partial charge in [-0.25, -0.2) is 9.97 Å². The van der Waals surface area contributed by atoms with Crippen molar-refractivity contribution in [3.63, 3.8) is 0 Å². The van der Waals surface area contributed by atoms with Crippen LogP contribution in [0, 0.1) is 17.8 Å². The van der Waals surface area contributed by atoms with E-state index >= 15 is 0 Å². The molecule has 0 unspecified atom stereocenters. The molecule has 0 radical (unpaired) electrons. The van der Waals surface area contributed by atoms with Gasteiger partial charge in [0, 0.05) is 17.7 Å². The molecule has 8 rings (SSSR count). The molecule has 2 saturated heterocycles. The van der Waals surface area contributed by atoms with Crippen LogP contribution in [0.3, 0.4) is 0 Å². The van der Waals surface area contributed by atoms with Crippen LogP contribution in [0.1, 0.15) is 85.0 Å². The first-order valence-corrected chi connectivity index (χ1v) is 17.5. The molecule has 3 aliphatic rings. The van der Waals surface area contributed by atoms with Crippen molar-refractivity contribution in [3.05, 3.63) is 120 Å². The highest BCUT2D eigenvalue weighted by Gasteiger charge is 2.36. The molecule has 248 valence electrons. The molecule has 2 aliphatic heterocycles. The minimum absolute atomic E-state index is 0.00679. The average molecular weight is 652 g/mol. The van der Waals surface area contributed by atoms with E-state index < -0.39 is 6.04 Å². The lowest BCUT2D eigenvalue weighted by atomic mass is 10.1. The topological polar surface area (TPSA) is 111 Å². The van der Waals surface area contributed by atoms with E-state index in [-0.39, 0.29) is 11.9 Å². The summed E-state index contributed by atoms with van der Waals surface area (Å²) >= 11 is 0. The number of amides is 1. The van der Waals surface area contributed by atoms with E-state index in [0.717, 1.165) is 76.7 Å². The normalized spacial score (nSPS) is 19.5. The highest BCUT2D eigenvalue weighted by Crippen LogP contribution is 2.34. The van der Waals surface area contributed by atoms with Crippen LogP contribution in [0.25, 0.3) is 22.5 Å². The molecule has 4 N–H and O–H groups in total. The number of nitrogens with zero attached hydrogens (tertiary/aromatic N) is 3. The second-order valence-corrected chi connectivity index (χ2v) is 13.3. The number of aromatic amines is 2. The minimum atomic E-state index is -0.565. The fraction of sp³-hybridized carbons (Fsp3) is 0.325. The van der Waals surface area contributed by atoms with Gasteiger partial charge in [-0.3, -0.25) is 4.79 Å². The molecule has 1 amide bonds. The lowest BCUT2D eigenvalue weighted by Crippen LogP contribution is -2.41. The number of benzene rings is 3. The van der Waals surface area contributed by atoms with Crippen LogP contribution >= 0.6 is 0 Å². The highest BCUT2D eigenvalue weighted by atomic mass is 16.6. The van der Waals surface area contributed by atoms with Gasteiger partial charge in [0.25, 0.3) is 0 Å². The van der Waals surface area contributed by atoms with Gasteiger partial charge in [-0.05, 0) is 91.9 Å². The Bertz CT molecular complexity index is 1930. The SMILES string of the molecule is O=C([C@H](NOCC1CC1)c1ccccc1)N1CCC[C@H]1c1ncc(-c2ccc(C#Cc3ccc(-c4cnc([C@@H]5CCCN5)[nH]4)cc3)cc2)[nH]1. The van der Waals surface area contributed by atoms with Crippen molar-refractivity contribution in [2.24, 2.45) is 5.92 Å². The maximum Gasteiger partial charge on any atom is 0.247 e. The summed E-state index contributed by atoms with van der Waals surface area (Å²) in [5.74, 6) is 9.00. The second kappa shape index (κ2) is 14.2. The van der Waals surface area contributed by atoms with Crippen LogP contribution in [-0.4, -0.2) is 50.4 Å². The zero-order chi connectivity index (χ0) is 33.0. The third kappa shape index (κ3) is 7.22. The third-order valence-electron chi connectivity index (χ3n) is 9.77. The van der Waals surface area contributed by atoms with Crippen LogP contribution in [0.5, 0.6) is 0 Å². The Balaban J connectivity index is 0.913. The maximum atomic E-state index is 13.9. The Labute approximate surface area is 286 Å². The van der Waals surface area contributed by atoms with Gasteiger partial charge in [-0.1, -0.05) is 66.4 Å². The Morgan fingerprint density at radius 1 is 0.816 bits per heavy atom. The summed E-state index contributed by atoms with van der Waals surface area (Å²) in [6.07, 6.45) is 10.3. The molecule has 3 fully saturated rings. The Morgan fingerprint density at radius 2 is 1.47 bits per heavy atom. The molecule has 1 saturated carbocycles. The smallest absolute Gasteiger partial charge is 0.247 e. The van der Waals surface area contributed by atoms with Gasteiger partial charge in [-0.2, -0.15) is 5.48 Å². The first-order chi connectivity index (χ1) is 24.2. The predicted octanol–water partition coefficient (Wildman–Crippen LogP) is 6.63.